The van der Waals surface area contributed by atoms with Crippen LogP contribution in [0.5, 0.6) is 0 Å². The van der Waals surface area contributed by atoms with Crippen LogP contribution in [-0.2, 0) is 24.0 Å². The third-order valence-electron chi connectivity index (χ3n) is 5.12. The van der Waals surface area contributed by atoms with E-state index in [1.165, 1.54) is 11.8 Å². The average molecular weight is 490 g/mol. The predicted octanol–water partition coefficient (Wildman–Crippen LogP) is -0.427. The Labute approximate surface area is 199 Å². The summed E-state index contributed by atoms with van der Waals surface area (Å²) in [5.41, 5.74) is 11.1. The minimum atomic E-state index is -1.32. The summed E-state index contributed by atoms with van der Waals surface area (Å²) >= 11 is 1.51. The zero-order chi connectivity index (χ0) is 25.7. The Kier molecular flexibility index (Phi) is 14.4. The molecule has 0 spiro atoms. The summed E-state index contributed by atoms with van der Waals surface area (Å²) in [4.78, 5) is 61.2. The molecule has 0 saturated carbocycles. The molecule has 11 nitrogen and oxygen atoms in total. The lowest BCUT2D eigenvalue weighted by Gasteiger charge is -2.28. The first kappa shape index (κ1) is 30.7. The first-order valence-electron chi connectivity index (χ1n) is 11.0. The van der Waals surface area contributed by atoms with Crippen molar-refractivity contribution in [2.24, 2.45) is 23.3 Å². The molecule has 4 amide bonds. The molecule has 0 heterocycles. The highest BCUT2D eigenvalue weighted by Gasteiger charge is 2.33. The molecule has 0 aromatic carbocycles. The summed E-state index contributed by atoms with van der Waals surface area (Å²) in [5, 5.41) is 16.9. The van der Waals surface area contributed by atoms with Crippen LogP contribution in [-0.4, -0.2) is 70.9 Å². The van der Waals surface area contributed by atoms with Crippen molar-refractivity contribution in [3.63, 3.8) is 0 Å². The molecular formula is C21H39N5O6S. The third kappa shape index (κ3) is 11.9. The molecule has 0 aromatic rings. The van der Waals surface area contributed by atoms with Crippen molar-refractivity contribution in [3.8, 4) is 0 Å². The number of carbonyl (C=O) groups is 5. The molecule has 0 radical (unpaired) electrons. The molecule has 33 heavy (non-hydrogen) atoms. The summed E-state index contributed by atoms with van der Waals surface area (Å²) in [6.45, 7) is 7.20. The van der Waals surface area contributed by atoms with Crippen LogP contribution in [0.1, 0.15) is 53.4 Å². The number of carboxylic acid groups (broad SMARTS) is 1. The Balaban J connectivity index is 5.53. The Morgan fingerprint density at radius 1 is 0.939 bits per heavy atom. The number of nitrogens with two attached hydrogens (primary N) is 2. The molecular weight excluding hydrogens is 450 g/mol. The smallest absolute Gasteiger partial charge is 0.326 e. The van der Waals surface area contributed by atoms with Crippen LogP contribution < -0.4 is 27.4 Å². The van der Waals surface area contributed by atoms with Crippen LogP contribution in [0.15, 0.2) is 0 Å². The molecule has 8 N–H and O–H groups in total. The van der Waals surface area contributed by atoms with Gasteiger partial charge in [0.2, 0.25) is 23.6 Å². The first-order chi connectivity index (χ1) is 15.3. The van der Waals surface area contributed by atoms with Gasteiger partial charge in [-0.1, -0.05) is 34.1 Å². The number of thioether (sulfide) groups is 1. The van der Waals surface area contributed by atoms with Gasteiger partial charge in [-0.3, -0.25) is 19.2 Å². The number of aliphatic carboxylic acids is 1. The highest BCUT2D eigenvalue weighted by molar-refractivity contribution is 7.98. The lowest BCUT2D eigenvalue weighted by Crippen LogP contribution is -2.59. The Morgan fingerprint density at radius 3 is 1.97 bits per heavy atom. The fourth-order valence-electron chi connectivity index (χ4n) is 2.98. The van der Waals surface area contributed by atoms with Gasteiger partial charge >= 0.3 is 5.97 Å². The van der Waals surface area contributed by atoms with E-state index in [-0.39, 0.29) is 18.3 Å². The minimum absolute atomic E-state index is 0.0218. The van der Waals surface area contributed by atoms with Crippen LogP contribution in [0.25, 0.3) is 0 Å². The first-order valence-corrected chi connectivity index (χ1v) is 12.4. The maximum Gasteiger partial charge on any atom is 0.326 e. The fourth-order valence-corrected chi connectivity index (χ4v) is 3.46. The molecule has 0 aliphatic heterocycles. The molecule has 190 valence electrons. The van der Waals surface area contributed by atoms with Crippen LogP contribution in [0.2, 0.25) is 0 Å². The Bertz CT molecular complexity index is 690. The second kappa shape index (κ2) is 15.5. The average Bonchev–Trinajstić information content (AvgIpc) is 2.72. The van der Waals surface area contributed by atoms with Gasteiger partial charge in [-0.15, -0.1) is 0 Å². The van der Waals surface area contributed by atoms with Gasteiger partial charge in [-0.25, -0.2) is 4.79 Å². The van der Waals surface area contributed by atoms with Gasteiger partial charge in [-0.2, -0.15) is 11.8 Å². The maximum absolute atomic E-state index is 12.9. The summed E-state index contributed by atoms with van der Waals surface area (Å²) in [5.74, 6) is -3.74. The van der Waals surface area contributed by atoms with Gasteiger partial charge in [0.25, 0.3) is 0 Å². The summed E-state index contributed by atoms with van der Waals surface area (Å²) in [6.07, 6.45) is 2.49. The molecule has 0 aromatic heterocycles. The third-order valence-corrected chi connectivity index (χ3v) is 5.77. The lowest BCUT2D eigenvalue weighted by atomic mass is 9.96. The number of nitrogens with one attached hydrogen (secondary N) is 3. The zero-order valence-electron chi connectivity index (χ0n) is 20.1. The number of hydrogen-bond donors (Lipinski definition) is 6. The molecule has 0 bridgehead atoms. The number of hydrogen-bond acceptors (Lipinski definition) is 7. The molecule has 0 aliphatic rings. The molecule has 5 atom stereocenters. The molecule has 0 saturated heterocycles. The van der Waals surface area contributed by atoms with Gasteiger partial charge in [0.15, 0.2) is 0 Å². The largest absolute Gasteiger partial charge is 0.480 e. The number of primary amides is 1. The van der Waals surface area contributed by atoms with Crippen molar-refractivity contribution in [3.05, 3.63) is 0 Å². The quantitative estimate of drug-likeness (QED) is 0.168. The fraction of sp³-hybridized carbons (Fsp3) is 0.762. The highest BCUT2D eigenvalue weighted by Crippen LogP contribution is 2.11. The van der Waals surface area contributed by atoms with Crippen LogP contribution in [0, 0.1) is 11.8 Å². The van der Waals surface area contributed by atoms with Crippen molar-refractivity contribution in [2.45, 2.75) is 77.5 Å². The van der Waals surface area contributed by atoms with E-state index in [1.54, 1.807) is 6.92 Å². The van der Waals surface area contributed by atoms with Crippen LogP contribution in [0.3, 0.4) is 0 Å². The van der Waals surface area contributed by atoms with Gasteiger partial charge in [0, 0.05) is 0 Å². The number of carboxylic acids is 1. The Hall–Kier alpha value is -2.34. The van der Waals surface area contributed by atoms with E-state index in [9.17, 15) is 29.1 Å². The Morgan fingerprint density at radius 2 is 1.52 bits per heavy atom. The molecule has 0 fully saturated rings. The van der Waals surface area contributed by atoms with E-state index < -0.39 is 60.2 Å². The SMILES string of the molecule is CCC(C)C(NC(=O)C(CC(N)=O)NC(=O)C(N)CCSC)C(=O)NC(CC(C)C)C(=O)O. The number of carbonyl (C=O) groups excluding carboxylic acids is 4. The van der Waals surface area contributed by atoms with Crippen molar-refractivity contribution < 1.29 is 29.1 Å². The van der Waals surface area contributed by atoms with Gasteiger partial charge in [0.05, 0.1) is 12.5 Å². The normalized spacial score (nSPS) is 15.6. The second-order valence-corrected chi connectivity index (χ2v) is 9.51. The molecule has 0 aliphatic carbocycles. The molecule has 12 heteroatoms. The minimum Gasteiger partial charge on any atom is -0.480 e. The van der Waals surface area contributed by atoms with E-state index in [0.717, 1.165) is 0 Å². The number of rotatable bonds is 16. The van der Waals surface area contributed by atoms with Gasteiger partial charge < -0.3 is 32.5 Å². The molecule has 5 unspecified atom stereocenters. The summed E-state index contributed by atoms with van der Waals surface area (Å²) in [7, 11) is 0. The summed E-state index contributed by atoms with van der Waals surface area (Å²) < 4.78 is 0. The van der Waals surface area contributed by atoms with Crippen molar-refractivity contribution >= 4 is 41.4 Å². The lowest BCUT2D eigenvalue weighted by molar-refractivity contribution is -0.143. The van der Waals surface area contributed by atoms with Crippen molar-refractivity contribution in [2.75, 3.05) is 12.0 Å². The van der Waals surface area contributed by atoms with Crippen molar-refractivity contribution in [1.82, 2.24) is 16.0 Å². The summed E-state index contributed by atoms with van der Waals surface area (Å²) in [6, 6.07) is -4.38. The zero-order valence-corrected chi connectivity index (χ0v) is 20.9. The van der Waals surface area contributed by atoms with E-state index in [1.807, 2.05) is 27.0 Å². The van der Waals surface area contributed by atoms with E-state index in [0.29, 0.717) is 18.6 Å². The standard InChI is InChI=1S/C21H39N5O6S/c1-6-12(4)17(20(30)25-15(21(31)32)9-11(2)3)26-19(29)14(10-16(23)27)24-18(28)13(22)7-8-33-5/h11-15,17H,6-10,22H2,1-5H3,(H2,23,27)(H,24,28)(H,25,30)(H,26,29)(H,31,32). The molecule has 0 rings (SSSR count). The monoisotopic (exact) mass is 489 g/mol. The van der Waals surface area contributed by atoms with E-state index >= 15 is 0 Å². The number of amides is 4. The predicted molar refractivity (Wildman–Crippen MR) is 127 cm³/mol. The van der Waals surface area contributed by atoms with Crippen molar-refractivity contribution in [1.29, 1.82) is 0 Å². The highest BCUT2D eigenvalue weighted by atomic mass is 32.2. The second-order valence-electron chi connectivity index (χ2n) is 8.52. The maximum atomic E-state index is 12.9. The van der Waals surface area contributed by atoms with Crippen LogP contribution >= 0.6 is 11.8 Å². The van der Waals surface area contributed by atoms with Gasteiger partial charge in [0.1, 0.15) is 18.1 Å². The topological polar surface area (TPSA) is 194 Å². The van der Waals surface area contributed by atoms with E-state index in [2.05, 4.69) is 16.0 Å². The van der Waals surface area contributed by atoms with Gasteiger partial charge in [-0.05, 0) is 36.7 Å². The van der Waals surface area contributed by atoms with Crippen LogP contribution in [0.4, 0.5) is 0 Å². The van der Waals surface area contributed by atoms with E-state index in [4.69, 9.17) is 11.5 Å².